The van der Waals surface area contributed by atoms with Crippen LogP contribution in [0.2, 0.25) is 0 Å². The number of aromatic nitrogens is 2. The normalized spacial score (nSPS) is 16.6. The summed E-state index contributed by atoms with van der Waals surface area (Å²) in [6.45, 7) is 0. The summed E-state index contributed by atoms with van der Waals surface area (Å²) in [5, 5.41) is 14.9. The third-order valence-corrected chi connectivity index (χ3v) is 3.99. The summed E-state index contributed by atoms with van der Waals surface area (Å²) >= 11 is 0. The number of nitrogens with zero attached hydrogens (tertiary/aromatic N) is 3. The molecule has 1 aliphatic carbocycles. The third kappa shape index (κ3) is 2.41. The molecule has 1 fully saturated rings. The highest BCUT2D eigenvalue weighted by molar-refractivity contribution is 5.62. The van der Waals surface area contributed by atoms with E-state index in [1.54, 1.807) is 6.07 Å². The molecule has 2 aromatic rings. The molecule has 3 rings (SSSR count). The summed E-state index contributed by atoms with van der Waals surface area (Å²) in [5.41, 5.74) is 6.20. The zero-order valence-corrected chi connectivity index (χ0v) is 12.1. The first-order valence-electron chi connectivity index (χ1n) is 6.99. The van der Waals surface area contributed by atoms with E-state index in [2.05, 4.69) is 10.1 Å². The van der Waals surface area contributed by atoms with Crippen LogP contribution < -0.4 is 10.5 Å². The van der Waals surface area contributed by atoms with Crippen molar-refractivity contribution in [2.24, 2.45) is 5.73 Å². The number of rotatable bonds is 4. The molecule has 1 saturated carbocycles. The Bertz CT molecular complexity index is 707. The average molecular weight is 304 g/mol. The van der Waals surface area contributed by atoms with Crippen molar-refractivity contribution in [1.29, 1.82) is 0 Å². The van der Waals surface area contributed by atoms with Crippen LogP contribution in [0.15, 0.2) is 22.7 Å². The second kappa shape index (κ2) is 5.38. The number of nitro benzene ring substituents is 1. The summed E-state index contributed by atoms with van der Waals surface area (Å²) in [6, 6.07) is 4.41. The van der Waals surface area contributed by atoms with Crippen molar-refractivity contribution in [1.82, 2.24) is 10.1 Å². The lowest BCUT2D eigenvalue weighted by Gasteiger charge is -2.17. The van der Waals surface area contributed by atoms with Gasteiger partial charge in [-0.25, -0.2) is 0 Å². The minimum Gasteiger partial charge on any atom is -0.490 e. The van der Waals surface area contributed by atoms with Gasteiger partial charge in [-0.05, 0) is 18.9 Å². The lowest BCUT2D eigenvalue weighted by Crippen LogP contribution is -2.34. The summed E-state index contributed by atoms with van der Waals surface area (Å²) in [5.74, 6) is 0.905. The zero-order chi connectivity index (χ0) is 15.7. The quantitative estimate of drug-likeness (QED) is 0.680. The van der Waals surface area contributed by atoms with Gasteiger partial charge < -0.3 is 15.0 Å². The van der Waals surface area contributed by atoms with Crippen LogP contribution in [0.3, 0.4) is 0 Å². The summed E-state index contributed by atoms with van der Waals surface area (Å²) in [7, 11) is 1.37. The van der Waals surface area contributed by atoms with Crippen LogP contribution in [0.1, 0.15) is 31.5 Å². The molecule has 0 atom stereocenters. The SMILES string of the molecule is COc1cc(-c2nc(C3(N)CCCC3)no2)ccc1[N+](=O)[O-]. The lowest BCUT2D eigenvalue weighted by molar-refractivity contribution is -0.385. The standard InChI is InChI=1S/C14H16N4O4/c1-21-11-8-9(4-5-10(11)18(19)20)12-16-13(17-22-12)14(15)6-2-3-7-14/h4-5,8H,2-3,6-7,15H2,1H3. The predicted octanol–water partition coefficient (Wildman–Crippen LogP) is 2.38. The number of nitrogens with two attached hydrogens (primary N) is 1. The number of nitro groups is 1. The molecule has 0 unspecified atom stereocenters. The Morgan fingerprint density at radius 3 is 2.77 bits per heavy atom. The van der Waals surface area contributed by atoms with Gasteiger partial charge in [-0.1, -0.05) is 18.0 Å². The van der Waals surface area contributed by atoms with Gasteiger partial charge in [0.2, 0.25) is 0 Å². The van der Waals surface area contributed by atoms with Crippen LogP contribution in [0.4, 0.5) is 5.69 Å². The molecule has 116 valence electrons. The van der Waals surface area contributed by atoms with Crippen LogP contribution in [-0.4, -0.2) is 22.2 Å². The maximum absolute atomic E-state index is 10.9. The second-order valence-electron chi connectivity index (χ2n) is 5.43. The first-order valence-corrected chi connectivity index (χ1v) is 6.99. The summed E-state index contributed by atoms with van der Waals surface area (Å²) in [4.78, 5) is 14.8. The van der Waals surface area contributed by atoms with Gasteiger partial charge >= 0.3 is 5.69 Å². The molecule has 0 saturated heterocycles. The van der Waals surface area contributed by atoms with Gasteiger partial charge in [0.25, 0.3) is 5.89 Å². The zero-order valence-electron chi connectivity index (χ0n) is 12.1. The number of hydrogen-bond donors (Lipinski definition) is 1. The molecule has 0 aliphatic heterocycles. The first-order chi connectivity index (χ1) is 10.5. The highest BCUT2D eigenvalue weighted by Crippen LogP contribution is 2.36. The molecule has 0 radical (unpaired) electrons. The minimum atomic E-state index is -0.535. The van der Waals surface area contributed by atoms with Gasteiger partial charge in [0.1, 0.15) is 0 Å². The largest absolute Gasteiger partial charge is 0.490 e. The lowest BCUT2D eigenvalue weighted by atomic mass is 9.99. The van der Waals surface area contributed by atoms with Crippen LogP contribution in [0, 0.1) is 10.1 Å². The van der Waals surface area contributed by atoms with Crippen molar-refractivity contribution in [3.8, 4) is 17.2 Å². The number of methoxy groups -OCH3 is 1. The van der Waals surface area contributed by atoms with Crippen LogP contribution in [-0.2, 0) is 5.54 Å². The minimum absolute atomic E-state index is 0.114. The van der Waals surface area contributed by atoms with Crippen LogP contribution >= 0.6 is 0 Å². The van der Waals surface area contributed by atoms with Crippen LogP contribution in [0.25, 0.3) is 11.5 Å². The van der Waals surface area contributed by atoms with Gasteiger partial charge in [-0.2, -0.15) is 4.98 Å². The topological polar surface area (TPSA) is 117 Å². The van der Waals surface area contributed by atoms with E-state index in [9.17, 15) is 10.1 Å². The maximum Gasteiger partial charge on any atom is 0.310 e. The predicted molar refractivity (Wildman–Crippen MR) is 77.3 cm³/mol. The maximum atomic E-state index is 10.9. The van der Waals surface area contributed by atoms with Gasteiger partial charge in [-0.3, -0.25) is 10.1 Å². The highest BCUT2D eigenvalue weighted by Gasteiger charge is 2.36. The highest BCUT2D eigenvalue weighted by atomic mass is 16.6. The van der Waals surface area contributed by atoms with Crippen molar-refractivity contribution >= 4 is 5.69 Å². The van der Waals surface area contributed by atoms with Gasteiger partial charge in [-0.15, -0.1) is 0 Å². The number of benzene rings is 1. The fourth-order valence-corrected chi connectivity index (χ4v) is 2.73. The Hall–Kier alpha value is -2.48. The second-order valence-corrected chi connectivity index (χ2v) is 5.43. The fraction of sp³-hybridized carbons (Fsp3) is 0.429. The number of hydrogen-bond acceptors (Lipinski definition) is 7. The average Bonchev–Trinajstić information content (AvgIpc) is 3.16. The molecule has 8 heteroatoms. The molecule has 22 heavy (non-hydrogen) atoms. The van der Waals surface area contributed by atoms with Crippen molar-refractivity contribution in [3.05, 3.63) is 34.1 Å². The monoisotopic (exact) mass is 304 g/mol. The first kappa shape index (κ1) is 14.5. The van der Waals surface area contributed by atoms with Crippen LogP contribution in [0.5, 0.6) is 5.75 Å². The molecule has 1 heterocycles. The summed E-state index contributed by atoms with van der Waals surface area (Å²) in [6.07, 6.45) is 3.75. The van der Waals surface area contributed by atoms with Crippen molar-refractivity contribution in [2.45, 2.75) is 31.2 Å². The third-order valence-electron chi connectivity index (χ3n) is 3.99. The van der Waals surface area contributed by atoms with E-state index in [1.165, 1.54) is 19.2 Å². The molecular weight excluding hydrogens is 288 g/mol. The molecule has 2 N–H and O–H groups in total. The Morgan fingerprint density at radius 2 is 2.14 bits per heavy atom. The molecule has 1 aromatic heterocycles. The fourth-order valence-electron chi connectivity index (χ4n) is 2.73. The van der Waals surface area contributed by atoms with Gasteiger partial charge in [0, 0.05) is 17.7 Å². The van der Waals surface area contributed by atoms with E-state index in [1.807, 2.05) is 0 Å². The van der Waals surface area contributed by atoms with Crippen molar-refractivity contribution < 1.29 is 14.2 Å². The van der Waals surface area contributed by atoms with Gasteiger partial charge in [0.15, 0.2) is 11.6 Å². The van der Waals surface area contributed by atoms with E-state index >= 15 is 0 Å². The molecule has 0 amide bonds. The Morgan fingerprint density at radius 1 is 1.41 bits per heavy atom. The van der Waals surface area contributed by atoms with E-state index < -0.39 is 10.5 Å². The van der Waals surface area contributed by atoms with E-state index in [0.717, 1.165) is 25.7 Å². The van der Waals surface area contributed by atoms with E-state index in [-0.39, 0.29) is 17.3 Å². The molecule has 0 spiro atoms. The van der Waals surface area contributed by atoms with Crippen molar-refractivity contribution in [3.63, 3.8) is 0 Å². The van der Waals surface area contributed by atoms with Gasteiger partial charge in [0.05, 0.1) is 17.6 Å². The van der Waals surface area contributed by atoms with Crippen molar-refractivity contribution in [2.75, 3.05) is 7.11 Å². The van der Waals surface area contributed by atoms with E-state index in [0.29, 0.717) is 11.4 Å². The molecule has 8 nitrogen and oxygen atoms in total. The molecule has 0 bridgehead atoms. The number of ether oxygens (including phenoxy) is 1. The van der Waals surface area contributed by atoms with E-state index in [4.69, 9.17) is 15.0 Å². The smallest absolute Gasteiger partial charge is 0.310 e. The Kier molecular flexibility index (Phi) is 3.53. The molecule has 1 aromatic carbocycles. The molecular formula is C14H16N4O4. The Labute approximate surface area is 126 Å². The molecule has 1 aliphatic rings. The Balaban J connectivity index is 1.95. The summed E-state index contributed by atoms with van der Waals surface area (Å²) < 4.78 is 10.3.